The van der Waals surface area contributed by atoms with Crippen molar-refractivity contribution in [2.45, 2.75) is 26.3 Å². The molecule has 0 aliphatic carbocycles. The van der Waals surface area contributed by atoms with Crippen molar-refractivity contribution in [1.82, 2.24) is 0 Å². The molecule has 6 nitrogen and oxygen atoms in total. The fourth-order valence-corrected chi connectivity index (χ4v) is 4.25. The molecule has 0 heterocycles. The number of nitrogens with one attached hydrogen (secondary N) is 1. The SMILES string of the molecule is CCOc1ccccc1NC(=O)C(CC)N(c1ccc(Cl)c(Cl)c1)S(C)(=O)=O. The van der Waals surface area contributed by atoms with Crippen LogP contribution in [0.3, 0.4) is 0 Å². The third-order valence-electron chi connectivity index (χ3n) is 3.93. The van der Waals surface area contributed by atoms with Crippen LogP contribution in [-0.2, 0) is 14.8 Å². The number of carbonyl (C=O) groups excluding carboxylic acids is 1. The largest absolute Gasteiger partial charge is 0.492 e. The summed E-state index contributed by atoms with van der Waals surface area (Å²) in [6.45, 7) is 4.00. The maximum atomic E-state index is 13.0. The number of para-hydroxylation sites is 2. The van der Waals surface area contributed by atoms with Gasteiger partial charge in [0.15, 0.2) is 0 Å². The highest BCUT2D eigenvalue weighted by atomic mass is 35.5. The molecule has 0 saturated heterocycles. The second kappa shape index (κ2) is 9.49. The maximum absolute atomic E-state index is 13.0. The smallest absolute Gasteiger partial charge is 0.248 e. The van der Waals surface area contributed by atoms with E-state index in [4.69, 9.17) is 27.9 Å². The first kappa shape index (κ1) is 22.3. The molecule has 2 aromatic carbocycles. The standard InChI is InChI=1S/C19H22Cl2N2O4S/c1-4-17(19(24)22-16-8-6-7-9-18(16)27-5-2)23(28(3,25)26)13-10-11-14(20)15(21)12-13/h6-12,17H,4-5H2,1-3H3,(H,22,24). The quantitative estimate of drug-likeness (QED) is 0.646. The Labute approximate surface area is 175 Å². The summed E-state index contributed by atoms with van der Waals surface area (Å²) in [5, 5.41) is 3.26. The Bertz CT molecular complexity index is 951. The molecule has 28 heavy (non-hydrogen) atoms. The fraction of sp³-hybridized carbons (Fsp3) is 0.316. The predicted octanol–water partition coefficient (Wildman–Crippen LogP) is 4.58. The Morgan fingerprint density at radius 3 is 2.39 bits per heavy atom. The molecule has 2 aromatic rings. The van der Waals surface area contributed by atoms with Gasteiger partial charge in [-0.15, -0.1) is 0 Å². The van der Waals surface area contributed by atoms with Crippen LogP contribution < -0.4 is 14.4 Å². The van der Waals surface area contributed by atoms with Gasteiger partial charge >= 0.3 is 0 Å². The van der Waals surface area contributed by atoms with Crippen molar-refractivity contribution in [2.75, 3.05) is 22.5 Å². The summed E-state index contributed by atoms with van der Waals surface area (Å²) < 4.78 is 31.6. The van der Waals surface area contributed by atoms with Crippen LogP contribution in [0.2, 0.25) is 10.0 Å². The monoisotopic (exact) mass is 444 g/mol. The molecule has 9 heteroatoms. The van der Waals surface area contributed by atoms with Crippen LogP contribution in [0.15, 0.2) is 42.5 Å². The van der Waals surface area contributed by atoms with Gasteiger partial charge in [0.25, 0.3) is 0 Å². The molecule has 1 N–H and O–H groups in total. The highest BCUT2D eigenvalue weighted by Crippen LogP contribution is 2.31. The van der Waals surface area contributed by atoms with Crippen molar-refractivity contribution in [2.24, 2.45) is 0 Å². The van der Waals surface area contributed by atoms with Crippen molar-refractivity contribution < 1.29 is 17.9 Å². The topological polar surface area (TPSA) is 75.7 Å². The normalized spacial score (nSPS) is 12.3. The second-order valence-electron chi connectivity index (χ2n) is 6.00. The van der Waals surface area contributed by atoms with Crippen LogP contribution >= 0.6 is 23.2 Å². The first-order valence-electron chi connectivity index (χ1n) is 8.66. The fourth-order valence-electron chi connectivity index (χ4n) is 2.75. The highest BCUT2D eigenvalue weighted by molar-refractivity contribution is 7.92. The summed E-state index contributed by atoms with van der Waals surface area (Å²) in [7, 11) is -3.78. The maximum Gasteiger partial charge on any atom is 0.248 e. The van der Waals surface area contributed by atoms with E-state index in [1.54, 1.807) is 31.2 Å². The van der Waals surface area contributed by atoms with E-state index in [-0.39, 0.29) is 17.1 Å². The molecular formula is C19H22Cl2N2O4S. The van der Waals surface area contributed by atoms with Gasteiger partial charge in [-0.3, -0.25) is 9.10 Å². The van der Waals surface area contributed by atoms with Crippen LogP contribution in [0.1, 0.15) is 20.3 Å². The number of halogens is 2. The zero-order valence-corrected chi connectivity index (χ0v) is 18.1. The predicted molar refractivity (Wildman–Crippen MR) is 114 cm³/mol. The molecule has 1 amide bonds. The lowest BCUT2D eigenvalue weighted by atomic mass is 10.1. The minimum absolute atomic E-state index is 0.199. The highest BCUT2D eigenvalue weighted by Gasteiger charge is 2.32. The molecule has 152 valence electrons. The molecule has 0 aliphatic rings. The minimum atomic E-state index is -3.78. The third-order valence-corrected chi connectivity index (χ3v) is 5.85. The van der Waals surface area contributed by atoms with Crippen LogP contribution in [-0.4, -0.2) is 33.2 Å². The lowest BCUT2D eigenvalue weighted by Crippen LogP contribution is -2.47. The zero-order chi connectivity index (χ0) is 20.9. The lowest BCUT2D eigenvalue weighted by Gasteiger charge is -2.30. The van der Waals surface area contributed by atoms with Gasteiger partial charge in [0, 0.05) is 0 Å². The van der Waals surface area contributed by atoms with Crippen molar-refractivity contribution in [3.63, 3.8) is 0 Å². The summed E-state index contributed by atoms with van der Waals surface area (Å²) in [6, 6.07) is 10.4. The summed E-state index contributed by atoms with van der Waals surface area (Å²) in [5.41, 5.74) is 0.729. The van der Waals surface area contributed by atoms with Gasteiger partial charge in [0.2, 0.25) is 15.9 Å². The molecule has 0 fully saturated rings. The van der Waals surface area contributed by atoms with E-state index < -0.39 is 22.0 Å². The van der Waals surface area contributed by atoms with Gasteiger partial charge in [-0.25, -0.2) is 8.42 Å². The van der Waals surface area contributed by atoms with Gasteiger partial charge in [-0.2, -0.15) is 0 Å². The van der Waals surface area contributed by atoms with E-state index in [2.05, 4.69) is 5.32 Å². The summed E-state index contributed by atoms with van der Waals surface area (Å²) in [5.74, 6) is 0.0276. The Morgan fingerprint density at radius 1 is 1.14 bits per heavy atom. The number of nitrogens with zero attached hydrogens (tertiary/aromatic N) is 1. The number of amides is 1. The van der Waals surface area contributed by atoms with E-state index in [1.807, 2.05) is 6.92 Å². The second-order valence-corrected chi connectivity index (χ2v) is 8.67. The molecule has 0 aliphatic heterocycles. The molecule has 1 atom stereocenters. The number of anilines is 2. The minimum Gasteiger partial charge on any atom is -0.492 e. The van der Waals surface area contributed by atoms with Gasteiger partial charge in [-0.1, -0.05) is 42.3 Å². The van der Waals surface area contributed by atoms with E-state index in [1.165, 1.54) is 18.2 Å². The van der Waals surface area contributed by atoms with E-state index in [9.17, 15) is 13.2 Å². The number of benzene rings is 2. The molecule has 0 bridgehead atoms. The average Bonchev–Trinajstić information content (AvgIpc) is 2.62. The molecular weight excluding hydrogens is 423 g/mol. The molecule has 1 unspecified atom stereocenters. The van der Waals surface area contributed by atoms with Gasteiger partial charge < -0.3 is 10.1 Å². The number of ether oxygens (including phenoxy) is 1. The Hall–Kier alpha value is -1.96. The first-order chi connectivity index (χ1) is 13.2. The Morgan fingerprint density at radius 2 is 1.82 bits per heavy atom. The average molecular weight is 445 g/mol. The number of sulfonamides is 1. The lowest BCUT2D eigenvalue weighted by molar-refractivity contribution is -0.117. The van der Waals surface area contributed by atoms with E-state index in [0.717, 1.165) is 10.6 Å². The Balaban J connectivity index is 2.41. The van der Waals surface area contributed by atoms with Crippen LogP contribution in [0.4, 0.5) is 11.4 Å². The van der Waals surface area contributed by atoms with Crippen molar-refractivity contribution >= 4 is 50.5 Å². The number of hydrogen-bond donors (Lipinski definition) is 1. The van der Waals surface area contributed by atoms with E-state index >= 15 is 0 Å². The van der Waals surface area contributed by atoms with Crippen LogP contribution in [0.5, 0.6) is 5.75 Å². The first-order valence-corrected chi connectivity index (χ1v) is 11.3. The molecule has 2 rings (SSSR count). The number of rotatable bonds is 8. The molecule has 0 spiro atoms. The van der Waals surface area contributed by atoms with Gasteiger partial charge in [0.1, 0.15) is 11.8 Å². The zero-order valence-electron chi connectivity index (χ0n) is 15.8. The van der Waals surface area contributed by atoms with Crippen molar-refractivity contribution in [3.05, 3.63) is 52.5 Å². The summed E-state index contributed by atoms with van der Waals surface area (Å²) >= 11 is 12.0. The summed E-state index contributed by atoms with van der Waals surface area (Å²) in [4.78, 5) is 13.0. The third kappa shape index (κ3) is 5.31. The molecule has 0 radical (unpaired) electrons. The Kier molecular flexibility index (Phi) is 7.57. The van der Waals surface area contributed by atoms with Crippen LogP contribution in [0.25, 0.3) is 0 Å². The van der Waals surface area contributed by atoms with Crippen LogP contribution in [0, 0.1) is 0 Å². The van der Waals surface area contributed by atoms with Crippen molar-refractivity contribution in [3.8, 4) is 5.75 Å². The number of carbonyl (C=O) groups is 1. The number of hydrogen-bond acceptors (Lipinski definition) is 4. The molecule has 0 saturated carbocycles. The summed E-state index contributed by atoms with van der Waals surface area (Å²) in [6.07, 6.45) is 1.29. The van der Waals surface area contributed by atoms with Gasteiger partial charge in [0.05, 0.1) is 34.3 Å². The van der Waals surface area contributed by atoms with E-state index in [0.29, 0.717) is 23.1 Å². The van der Waals surface area contributed by atoms with Gasteiger partial charge in [-0.05, 0) is 43.7 Å². The van der Waals surface area contributed by atoms with Crippen molar-refractivity contribution in [1.29, 1.82) is 0 Å². The molecule has 0 aromatic heterocycles.